The first kappa shape index (κ1) is 16.4. The molecule has 0 saturated heterocycles. The van der Waals surface area contributed by atoms with Crippen molar-refractivity contribution in [3.63, 3.8) is 0 Å². The Labute approximate surface area is 110 Å². The smallest absolute Gasteiger partial charge is 0.213 e. The van der Waals surface area contributed by atoms with Gasteiger partial charge in [0.15, 0.2) is 0 Å². The van der Waals surface area contributed by atoms with Crippen LogP contribution in [0.1, 0.15) is 33.1 Å². The van der Waals surface area contributed by atoms with E-state index < -0.39 is 0 Å². The van der Waals surface area contributed by atoms with Crippen LogP contribution in [0.3, 0.4) is 0 Å². The van der Waals surface area contributed by atoms with E-state index >= 15 is 0 Å². The minimum atomic E-state index is 0.141. The van der Waals surface area contributed by atoms with Gasteiger partial charge in [-0.05, 0) is 38.1 Å². The molecule has 0 rings (SSSR count). The van der Waals surface area contributed by atoms with Gasteiger partial charge in [-0.15, -0.1) is 0 Å². The zero-order valence-electron chi connectivity index (χ0n) is 11.4. The molecule has 0 aliphatic heterocycles. The van der Waals surface area contributed by atoms with Crippen molar-refractivity contribution in [1.29, 1.82) is 0 Å². The summed E-state index contributed by atoms with van der Waals surface area (Å²) in [5.74, 6) is 0.425. The first-order valence-corrected chi connectivity index (χ1v) is 6.31. The summed E-state index contributed by atoms with van der Waals surface area (Å²) in [5.41, 5.74) is 0. The fraction of sp³-hybridized carbons (Fsp3) is 0.571. The van der Waals surface area contributed by atoms with E-state index in [2.05, 4.69) is 20.1 Å². The summed E-state index contributed by atoms with van der Waals surface area (Å²) < 4.78 is 0. The fourth-order valence-electron chi connectivity index (χ4n) is 1.84. The molecule has 0 aliphatic carbocycles. The first-order chi connectivity index (χ1) is 8.62. The minimum absolute atomic E-state index is 0.141. The summed E-state index contributed by atoms with van der Waals surface area (Å²) in [4.78, 5) is 24.6. The maximum absolute atomic E-state index is 10.7. The highest BCUT2D eigenvalue weighted by atomic mass is 16.1. The van der Waals surface area contributed by atoms with Crippen LogP contribution >= 0.6 is 0 Å². The van der Waals surface area contributed by atoms with Crippen molar-refractivity contribution in [2.24, 2.45) is 5.92 Å². The van der Waals surface area contributed by atoms with E-state index in [0.717, 1.165) is 32.1 Å². The van der Waals surface area contributed by atoms with Gasteiger partial charge in [0.25, 0.3) is 0 Å². The average Bonchev–Trinajstić information content (AvgIpc) is 2.40. The predicted octanol–water partition coefficient (Wildman–Crippen LogP) is 2.39. The van der Waals surface area contributed by atoms with Crippen LogP contribution in [0.25, 0.3) is 0 Å². The maximum atomic E-state index is 10.7. The molecule has 0 spiro atoms. The molecule has 0 heterocycles. The van der Waals surface area contributed by atoms with Crippen LogP contribution in [0.5, 0.6) is 0 Å². The molecule has 0 aromatic heterocycles. The number of amides is 2. The Balaban J connectivity index is 4.21. The summed E-state index contributed by atoms with van der Waals surface area (Å²) in [6.45, 7) is 12.0. The second kappa shape index (κ2) is 9.45. The van der Waals surface area contributed by atoms with E-state index in [1.54, 1.807) is 22.2 Å². The van der Waals surface area contributed by atoms with Gasteiger partial charge in [0, 0.05) is 12.6 Å². The number of hydrogen-bond acceptors (Lipinski definition) is 2. The van der Waals surface area contributed by atoms with E-state index in [0.29, 0.717) is 12.5 Å². The molecule has 2 amide bonds. The lowest BCUT2D eigenvalue weighted by Gasteiger charge is -2.25. The van der Waals surface area contributed by atoms with Crippen molar-refractivity contribution in [3.05, 3.63) is 25.6 Å². The van der Waals surface area contributed by atoms with Crippen molar-refractivity contribution in [3.8, 4) is 0 Å². The Morgan fingerprint density at radius 1 is 1.11 bits per heavy atom. The largest absolute Gasteiger partial charge is 0.322 e. The molecule has 102 valence electrons. The second-order valence-corrected chi connectivity index (χ2v) is 4.42. The Morgan fingerprint density at radius 2 is 1.78 bits per heavy atom. The van der Waals surface area contributed by atoms with Crippen LogP contribution in [0, 0.1) is 5.92 Å². The van der Waals surface area contributed by atoms with Gasteiger partial charge < -0.3 is 9.80 Å². The standard InChI is InChI=1S/C14H24N2O2/c1-5-14(10-15(6-2)11-17)9-8-13(4)16(7-3)12-18/h6-7,11-14H,2-3,5,8-10H2,1,4H3. The molecule has 0 N–H and O–H groups in total. The molecule has 0 aliphatic rings. The van der Waals surface area contributed by atoms with Crippen molar-refractivity contribution < 1.29 is 9.59 Å². The van der Waals surface area contributed by atoms with Crippen molar-refractivity contribution in [2.45, 2.75) is 39.2 Å². The molecule has 2 atom stereocenters. The van der Waals surface area contributed by atoms with Crippen molar-refractivity contribution >= 4 is 12.8 Å². The third-order valence-corrected chi connectivity index (χ3v) is 3.25. The Kier molecular flexibility index (Phi) is 8.62. The molecule has 18 heavy (non-hydrogen) atoms. The third-order valence-electron chi connectivity index (χ3n) is 3.25. The summed E-state index contributed by atoms with van der Waals surface area (Å²) in [6.07, 6.45) is 7.53. The highest BCUT2D eigenvalue weighted by molar-refractivity contribution is 5.49. The van der Waals surface area contributed by atoms with Crippen LogP contribution < -0.4 is 0 Å². The molecule has 0 aromatic rings. The Morgan fingerprint density at radius 3 is 2.17 bits per heavy atom. The molecule has 0 fully saturated rings. The summed E-state index contributed by atoms with van der Waals surface area (Å²) in [7, 11) is 0. The van der Waals surface area contributed by atoms with Gasteiger partial charge >= 0.3 is 0 Å². The van der Waals surface area contributed by atoms with Gasteiger partial charge in [0.2, 0.25) is 12.8 Å². The molecule has 0 aromatic carbocycles. The summed E-state index contributed by atoms with van der Waals surface area (Å²) in [6, 6.07) is 0.141. The van der Waals surface area contributed by atoms with Crippen molar-refractivity contribution in [2.75, 3.05) is 6.54 Å². The number of carbonyl (C=O) groups excluding carboxylic acids is 2. The minimum Gasteiger partial charge on any atom is -0.322 e. The zero-order valence-corrected chi connectivity index (χ0v) is 11.4. The average molecular weight is 252 g/mol. The van der Waals surface area contributed by atoms with Crippen LogP contribution in [0.4, 0.5) is 0 Å². The maximum Gasteiger partial charge on any atom is 0.213 e. The molecule has 0 saturated carbocycles. The monoisotopic (exact) mass is 252 g/mol. The Bertz CT molecular complexity index is 263. The molecule has 4 heteroatoms. The van der Waals surface area contributed by atoms with E-state index in [1.165, 1.54) is 0 Å². The number of hydrogen-bond donors (Lipinski definition) is 0. The van der Waals surface area contributed by atoms with Crippen LogP contribution in [0.15, 0.2) is 25.6 Å². The van der Waals surface area contributed by atoms with Crippen LogP contribution in [-0.4, -0.2) is 35.2 Å². The highest BCUT2D eigenvalue weighted by Crippen LogP contribution is 2.16. The number of rotatable bonds is 11. The molecular weight excluding hydrogens is 228 g/mol. The quantitative estimate of drug-likeness (QED) is 0.530. The van der Waals surface area contributed by atoms with Crippen molar-refractivity contribution in [1.82, 2.24) is 9.80 Å². The third kappa shape index (κ3) is 5.66. The van der Waals surface area contributed by atoms with Gasteiger partial charge in [-0.25, -0.2) is 0 Å². The zero-order chi connectivity index (χ0) is 14.0. The molecule has 0 bridgehead atoms. The van der Waals surface area contributed by atoms with E-state index in [-0.39, 0.29) is 6.04 Å². The second-order valence-electron chi connectivity index (χ2n) is 4.42. The van der Waals surface area contributed by atoms with E-state index in [4.69, 9.17) is 0 Å². The first-order valence-electron chi connectivity index (χ1n) is 6.31. The summed E-state index contributed by atoms with van der Waals surface area (Å²) >= 11 is 0. The lowest BCUT2D eigenvalue weighted by Crippen LogP contribution is -2.28. The van der Waals surface area contributed by atoms with Gasteiger partial charge in [-0.2, -0.15) is 0 Å². The normalized spacial score (nSPS) is 13.2. The lowest BCUT2D eigenvalue weighted by atomic mass is 9.97. The van der Waals surface area contributed by atoms with Crippen LogP contribution in [0.2, 0.25) is 0 Å². The van der Waals surface area contributed by atoms with Gasteiger partial charge in [0.1, 0.15) is 0 Å². The van der Waals surface area contributed by atoms with Gasteiger partial charge in [-0.3, -0.25) is 9.59 Å². The molecule has 4 nitrogen and oxygen atoms in total. The number of nitrogens with zero attached hydrogens (tertiary/aromatic N) is 2. The fourth-order valence-corrected chi connectivity index (χ4v) is 1.84. The Hall–Kier alpha value is -1.58. The van der Waals surface area contributed by atoms with Gasteiger partial charge in [0.05, 0.1) is 0 Å². The van der Waals surface area contributed by atoms with Crippen LogP contribution in [-0.2, 0) is 9.59 Å². The predicted molar refractivity (Wildman–Crippen MR) is 73.5 cm³/mol. The molecule has 0 radical (unpaired) electrons. The van der Waals surface area contributed by atoms with Gasteiger partial charge in [-0.1, -0.05) is 26.5 Å². The van der Waals surface area contributed by atoms with E-state index in [9.17, 15) is 9.59 Å². The topological polar surface area (TPSA) is 40.6 Å². The SMILES string of the molecule is C=CN(C=O)CC(CC)CCC(C)N(C=C)C=O. The molecule has 2 unspecified atom stereocenters. The summed E-state index contributed by atoms with van der Waals surface area (Å²) in [5, 5.41) is 0. The highest BCUT2D eigenvalue weighted by Gasteiger charge is 2.14. The lowest BCUT2D eigenvalue weighted by molar-refractivity contribution is -0.117. The molecular formula is C14H24N2O2. The number of carbonyl (C=O) groups is 2. The van der Waals surface area contributed by atoms with E-state index in [1.807, 2.05) is 6.92 Å².